The fourth-order valence-corrected chi connectivity index (χ4v) is 2.02. The summed E-state index contributed by atoms with van der Waals surface area (Å²) < 4.78 is 10.7. The summed E-state index contributed by atoms with van der Waals surface area (Å²) in [6, 6.07) is 0. The molecule has 0 saturated carbocycles. The summed E-state index contributed by atoms with van der Waals surface area (Å²) in [7, 11) is 0. The molecule has 0 radical (unpaired) electrons. The number of nitrogens with one attached hydrogen (secondary N) is 1. The molecule has 1 rings (SSSR count). The van der Waals surface area contributed by atoms with Gasteiger partial charge in [-0.25, -0.2) is 4.79 Å². The van der Waals surface area contributed by atoms with Crippen molar-refractivity contribution in [2.45, 2.75) is 52.2 Å². The van der Waals surface area contributed by atoms with E-state index in [1.165, 1.54) is 0 Å². The number of aliphatic hydroxyl groups excluding tert-OH is 1. The van der Waals surface area contributed by atoms with Gasteiger partial charge in [-0.15, -0.1) is 0 Å². The van der Waals surface area contributed by atoms with Gasteiger partial charge >= 0.3 is 6.09 Å². The van der Waals surface area contributed by atoms with Crippen LogP contribution in [0.5, 0.6) is 0 Å². The highest BCUT2D eigenvalue weighted by Gasteiger charge is 2.49. The number of aliphatic hydroxyl groups is 1. The summed E-state index contributed by atoms with van der Waals surface area (Å²) in [5.74, 6) is 0. The van der Waals surface area contributed by atoms with Gasteiger partial charge in [0.2, 0.25) is 0 Å². The molecule has 0 aliphatic carbocycles. The lowest BCUT2D eigenvalue weighted by molar-refractivity contribution is 0.0103. The highest BCUT2D eigenvalue weighted by Crippen LogP contribution is 2.37. The highest BCUT2D eigenvalue weighted by atomic mass is 16.6. The van der Waals surface area contributed by atoms with Crippen molar-refractivity contribution in [2.24, 2.45) is 5.41 Å². The van der Waals surface area contributed by atoms with Crippen LogP contribution in [0.15, 0.2) is 0 Å². The van der Waals surface area contributed by atoms with E-state index in [-0.39, 0.29) is 6.61 Å². The van der Waals surface area contributed by atoms with E-state index in [0.717, 1.165) is 0 Å². The van der Waals surface area contributed by atoms with Crippen LogP contribution in [0.25, 0.3) is 0 Å². The molecule has 0 aromatic rings. The zero-order chi connectivity index (χ0) is 14.0. The van der Waals surface area contributed by atoms with Crippen molar-refractivity contribution in [3.8, 4) is 0 Å². The van der Waals surface area contributed by atoms with Crippen molar-refractivity contribution >= 4 is 6.09 Å². The average molecular weight is 259 g/mol. The number of rotatable bonds is 3. The highest BCUT2D eigenvalue weighted by molar-refractivity contribution is 5.69. The number of hydrogen-bond donors (Lipinski definition) is 2. The molecule has 0 aromatic heterocycles. The van der Waals surface area contributed by atoms with Crippen LogP contribution in [-0.2, 0) is 9.47 Å². The largest absolute Gasteiger partial charge is 0.444 e. The van der Waals surface area contributed by atoms with E-state index in [0.29, 0.717) is 19.6 Å². The minimum absolute atomic E-state index is 0.0217. The van der Waals surface area contributed by atoms with Crippen LogP contribution < -0.4 is 5.32 Å². The molecule has 5 heteroatoms. The third-order valence-corrected chi connectivity index (χ3v) is 3.45. The minimum atomic E-state index is -0.565. The number of alkyl carbamates (subject to hydrolysis) is 1. The quantitative estimate of drug-likeness (QED) is 0.809. The van der Waals surface area contributed by atoms with Crippen LogP contribution in [0.1, 0.15) is 41.0 Å². The molecule has 2 N–H and O–H groups in total. The third-order valence-electron chi connectivity index (χ3n) is 3.45. The predicted molar refractivity (Wildman–Crippen MR) is 68.4 cm³/mol. The first-order valence-electron chi connectivity index (χ1n) is 6.32. The normalized spacial score (nSPS) is 25.0. The number of ether oxygens (including phenoxy) is 2. The predicted octanol–water partition coefficient (Wildman–Crippen LogP) is 1.69. The van der Waals surface area contributed by atoms with Gasteiger partial charge < -0.3 is 19.9 Å². The lowest BCUT2D eigenvalue weighted by Gasteiger charge is -2.42. The fraction of sp³-hybridized carbons (Fsp3) is 0.923. The molecule has 1 atom stereocenters. The second kappa shape index (κ2) is 5.05. The van der Waals surface area contributed by atoms with Crippen LogP contribution in [0.2, 0.25) is 0 Å². The molecular weight excluding hydrogens is 234 g/mol. The molecule has 18 heavy (non-hydrogen) atoms. The maximum atomic E-state index is 11.9. The number of amides is 1. The second-order valence-corrected chi connectivity index (χ2v) is 6.55. The summed E-state index contributed by atoms with van der Waals surface area (Å²) in [6.07, 6.45) is 0.217. The number of carbonyl (C=O) groups is 1. The van der Waals surface area contributed by atoms with Crippen molar-refractivity contribution in [3.63, 3.8) is 0 Å². The van der Waals surface area contributed by atoms with E-state index < -0.39 is 22.6 Å². The first-order valence-corrected chi connectivity index (χ1v) is 6.32. The molecule has 1 fully saturated rings. The molecule has 5 nitrogen and oxygen atoms in total. The summed E-state index contributed by atoms with van der Waals surface area (Å²) >= 11 is 0. The van der Waals surface area contributed by atoms with Crippen molar-refractivity contribution in [1.29, 1.82) is 0 Å². The average Bonchev–Trinajstić information content (AvgIpc) is 2.64. The van der Waals surface area contributed by atoms with Crippen molar-refractivity contribution in [1.82, 2.24) is 5.32 Å². The van der Waals surface area contributed by atoms with E-state index >= 15 is 0 Å². The van der Waals surface area contributed by atoms with Crippen LogP contribution in [-0.4, -0.2) is 42.2 Å². The van der Waals surface area contributed by atoms with Gasteiger partial charge in [0, 0.05) is 12.0 Å². The van der Waals surface area contributed by atoms with E-state index in [1.54, 1.807) is 0 Å². The Hall–Kier alpha value is -0.810. The van der Waals surface area contributed by atoms with Gasteiger partial charge in [0.25, 0.3) is 0 Å². The van der Waals surface area contributed by atoms with E-state index in [2.05, 4.69) is 5.32 Å². The maximum Gasteiger partial charge on any atom is 0.408 e. The Balaban J connectivity index is 2.79. The molecule has 0 spiro atoms. The third kappa shape index (κ3) is 3.36. The Morgan fingerprint density at radius 1 is 1.39 bits per heavy atom. The molecule has 1 aliphatic heterocycles. The monoisotopic (exact) mass is 259 g/mol. The lowest BCUT2D eigenvalue weighted by atomic mass is 9.72. The van der Waals surface area contributed by atoms with Gasteiger partial charge in [-0.1, -0.05) is 13.8 Å². The molecule has 1 heterocycles. The Kier molecular flexibility index (Phi) is 4.28. The number of hydrogen-bond acceptors (Lipinski definition) is 4. The van der Waals surface area contributed by atoms with Crippen molar-refractivity contribution < 1.29 is 19.4 Å². The smallest absolute Gasteiger partial charge is 0.408 e. The molecule has 1 amide bonds. The van der Waals surface area contributed by atoms with Gasteiger partial charge in [-0.3, -0.25) is 0 Å². The van der Waals surface area contributed by atoms with Crippen LogP contribution in [0.3, 0.4) is 0 Å². The Bertz CT molecular complexity index is 301. The van der Waals surface area contributed by atoms with Gasteiger partial charge in [0.1, 0.15) is 5.60 Å². The SMILES string of the molecule is CC(C)(C)OC(=O)NC1(C(C)(C)CO)CCOC1. The van der Waals surface area contributed by atoms with Crippen LogP contribution in [0, 0.1) is 5.41 Å². The minimum Gasteiger partial charge on any atom is -0.444 e. The molecule has 0 aromatic carbocycles. The maximum absolute atomic E-state index is 11.9. The summed E-state index contributed by atoms with van der Waals surface area (Å²) in [5, 5.41) is 12.4. The molecular formula is C13H25NO4. The van der Waals surface area contributed by atoms with Crippen molar-refractivity contribution in [3.05, 3.63) is 0 Å². The van der Waals surface area contributed by atoms with Crippen LogP contribution in [0.4, 0.5) is 4.79 Å². The zero-order valence-electron chi connectivity index (χ0n) is 12.0. The molecule has 1 aliphatic rings. The molecule has 1 unspecified atom stereocenters. The molecule has 1 saturated heterocycles. The summed E-state index contributed by atoms with van der Waals surface area (Å²) in [4.78, 5) is 11.9. The first kappa shape index (κ1) is 15.2. The van der Waals surface area contributed by atoms with Gasteiger partial charge in [0.15, 0.2) is 0 Å². The zero-order valence-corrected chi connectivity index (χ0v) is 12.0. The van der Waals surface area contributed by atoms with E-state index in [1.807, 2.05) is 34.6 Å². The Morgan fingerprint density at radius 2 is 2.00 bits per heavy atom. The molecule has 106 valence electrons. The summed E-state index contributed by atoms with van der Waals surface area (Å²) in [6.45, 7) is 10.3. The lowest BCUT2D eigenvalue weighted by Crippen LogP contribution is -2.60. The topological polar surface area (TPSA) is 67.8 Å². The second-order valence-electron chi connectivity index (χ2n) is 6.55. The van der Waals surface area contributed by atoms with Gasteiger partial charge in [-0.05, 0) is 27.2 Å². The Morgan fingerprint density at radius 3 is 2.39 bits per heavy atom. The summed E-state index contributed by atoms with van der Waals surface area (Å²) in [5.41, 5.74) is -1.56. The van der Waals surface area contributed by atoms with E-state index in [9.17, 15) is 9.90 Å². The van der Waals surface area contributed by atoms with E-state index in [4.69, 9.17) is 9.47 Å². The van der Waals surface area contributed by atoms with Crippen LogP contribution >= 0.6 is 0 Å². The van der Waals surface area contributed by atoms with Gasteiger partial charge in [0.05, 0.1) is 18.8 Å². The first-order chi connectivity index (χ1) is 8.12. The standard InChI is InChI=1S/C13H25NO4/c1-11(2,3)18-10(16)14-13(6-7-17-9-13)12(4,5)8-15/h15H,6-9H2,1-5H3,(H,14,16). The molecule has 0 bridgehead atoms. The number of carbonyl (C=O) groups excluding carboxylic acids is 1. The van der Waals surface area contributed by atoms with Gasteiger partial charge in [-0.2, -0.15) is 0 Å². The Labute approximate surface area is 109 Å². The fourth-order valence-electron chi connectivity index (χ4n) is 2.02. The van der Waals surface area contributed by atoms with Crippen molar-refractivity contribution in [2.75, 3.05) is 19.8 Å².